The molecule has 0 radical (unpaired) electrons. The van der Waals surface area contributed by atoms with E-state index in [1.54, 1.807) is 7.11 Å². The molecular weight excluding hydrogens is 302 g/mol. The van der Waals surface area contributed by atoms with E-state index in [2.05, 4.69) is 46.0 Å². The molecule has 3 rings (SSSR count). The lowest BCUT2D eigenvalue weighted by Gasteiger charge is -2.10. The van der Waals surface area contributed by atoms with Crippen molar-refractivity contribution in [3.05, 3.63) is 29.5 Å². The van der Waals surface area contributed by atoms with Crippen LogP contribution in [0, 0.1) is 5.41 Å². The van der Waals surface area contributed by atoms with Crippen molar-refractivity contribution in [2.75, 3.05) is 7.11 Å². The molecule has 19 heavy (non-hydrogen) atoms. The summed E-state index contributed by atoms with van der Waals surface area (Å²) in [6, 6.07) is 4.29. The van der Waals surface area contributed by atoms with E-state index >= 15 is 0 Å². The number of allylic oxidation sites excluding steroid dienone is 1. The predicted octanol–water partition coefficient (Wildman–Crippen LogP) is 4.89. The average molecular weight is 322 g/mol. The first-order chi connectivity index (χ1) is 9.17. The SMILES string of the molecule is CCC1(/C=C(\Br)c2ccc(C3CC3)c(OC)n2)CC1. The molecule has 1 aromatic rings. The molecule has 2 fully saturated rings. The van der Waals surface area contributed by atoms with Crippen molar-refractivity contribution in [3.8, 4) is 5.88 Å². The molecule has 2 nitrogen and oxygen atoms in total. The highest BCUT2D eigenvalue weighted by molar-refractivity contribution is 9.15. The summed E-state index contributed by atoms with van der Waals surface area (Å²) < 4.78 is 6.55. The van der Waals surface area contributed by atoms with E-state index in [1.165, 1.54) is 37.7 Å². The van der Waals surface area contributed by atoms with Crippen LogP contribution in [0.4, 0.5) is 0 Å². The summed E-state index contributed by atoms with van der Waals surface area (Å²) in [5.74, 6) is 1.47. The minimum absolute atomic E-state index is 0.420. The van der Waals surface area contributed by atoms with E-state index in [0.29, 0.717) is 11.3 Å². The zero-order chi connectivity index (χ0) is 13.5. The van der Waals surface area contributed by atoms with Gasteiger partial charge in [0, 0.05) is 10.0 Å². The Kier molecular flexibility index (Phi) is 3.42. The molecule has 102 valence electrons. The fourth-order valence-electron chi connectivity index (χ4n) is 2.56. The highest BCUT2D eigenvalue weighted by Gasteiger charge is 2.38. The molecule has 2 aliphatic rings. The van der Waals surface area contributed by atoms with E-state index in [4.69, 9.17) is 4.74 Å². The molecule has 0 aliphatic heterocycles. The number of hydrogen-bond acceptors (Lipinski definition) is 2. The average Bonchev–Trinajstić information content (AvgIpc) is 3.32. The van der Waals surface area contributed by atoms with Gasteiger partial charge in [0.1, 0.15) is 0 Å². The number of halogens is 1. The lowest BCUT2D eigenvalue weighted by Crippen LogP contribution is -1.98. The predicted molar refractivity (Wildman–Crippen MR) is 81.6 cm³/mol. The Labute approximate surface area is 123 Å². The second kappa shape index (κ2) is 4.93. The zero-order valence-electron chi connectivity index (χ0n) is 11.6. The Hall–Kier alpha value is -0.830. The first-order valence-electron chi connectivity index (χ1n) is 7.11. The monoisotopic (exact) mass is 321 g/mol. The van der Waals surface area contributed by atoms with Crippen LogP contribution in [0.3, 0.4) is 0 Å². The topological polar surface area (TPSA) is 22.1 Å². The van der Waals surface area contributed by atoms with Gasteiger partial charge in [0.25, 0.3) is 0 Å². The highest BCUT2D eigenvalue weighted by Crippen LogP contribution is 2.52. The maximum Gasteiger partial charge on any atom is 0.217 e. The number of aromatic nitrogens is 1. The largest absolute Gasteiger partial charge is 0.481 e. The van der Waals surface area contributed by atoms with Gasteiger partial charge in [0.15, 0.2) is 0 Å². The maximum absolute atomic E-state index is 5.45. The van der Waals surface area contributed by atoms with E-state index < -0.39 is 0 Å². The van der Waals surface area contributed by atoms with Crippen LogP contribution in [0.2, 0.25) is 0 Å². The van der Waals surface area contributed by atoms with Gasteiger partial charge in [-0.3, -0.25) is 0 Å². The molecule has 0 bridgehead atoms. The molecule has 0 aromatic carbocycles. The molecular formula is C16H20BrNO. The van der Waals surface area contributed by atoms with Crippen LogP contribution in [0.5, 0.6) is 5.88 Å². The number of hydrogen-bond donors (Lipinski definition) is 0. The van der Waals surface area contributed by atoms with E-state index in [-0.39, 0.29) is 0 Å². The van der Waals surface area contributed by atoms with Crippen LogP contribution in [0.1, 0.15) is 56.2 Å². The molecule has 2 aliphatic carbocycles. The summed E-state index contributed by atoms with van der Waals surface area (Å²) in [7, 11) is 1.71. The van der Waals surface area contributed by atoms with Crippen LogP contribution in [0.15, 0.2) is 18.2 Å². The molecule has 0 spiro atoms. The third kappa shape index (κ3) is 2.71. The summed E-state index contributed by atoms with van der Waals surface area (Å²) in [5.41, 5.74) is 2.67. The summed E-state index contributed by atoms with van der Waals surface area (Å²) in [4.78, 5) is 4.66. The van der Waals surface area contributed by atoms with Gasteiger partial charge in [0.2, 0.25) is 5.88 Å². The summed E-state index contributed by atoms with van der Waals surface area (Å²) in [6.45, 7) is 2.26. The fraction of sp³-hybridized carbons (Fsp3) is 0.562. The number of rotatable bonds is 5. The van der Waals surface area contributed by atoms with Crippen molar-refractivity contribution in [1.29, 1.82) is 0 Å². The molecule has 0 N–H and O–H groups in total. The Morgan fingerprint density at radius 2 is 2.21 bits per heavy atom. The van der Waals surface area contributed by atoms with Crippen LogP contribution in [0.25, 0.3) is 4.48 Å². The quantitative estimate of drug-likeness (QED) is 0.770. The fourth-order valence-corrected chi connectivity index (χ4v) is 3.26. The van der Waals surface area contributed by atoms with Gasteiger partial charge in [-0.25, -0.2) is 4.98 Å². The molecule has 0 atom stereocenters. The summed E-state index contributed by atoms with van der Waals surface area (Å²) in [6.07, 6.45) is 8.69. The lowest BCUT2D eigenvalue weighted by molar-refractivity contribution is 0.392. The first-order valence-corrected chi connectivity index (χ1v) is 7.90. The van der Waals surface area contributed by atoms with Crippen LogP contribution >= 0.6 is 15.9 Å². The number of pyridine rings is 1. The summed E-state index contributed by atoms with van der Waals surface area (Å²) >= 11 is 3.69. The van der Waals surface area contributed by atoms with E-state index in [1.807, 2.05) is 0 Å². The van der Waals surface area contributed by atoms with Crippen molar-refractivity contribution >= 4 is 20.4 Å². The standard InChI is InChI=1S/C16H20BrNO/c1-3-16(8-9-16)10-13(17)14-7-6-12(11-4-5-11)15(18-14)19-2/h6-7,10-11H,3-5,8-9H2,1-2H3/b13-10-. The van der Waals surface area contributed by atoms with Crippen LogP contribution in [-0.2, 0) is 0 Å². The minimum atomic E-state index is 0.420. The Bertz CT molecular complexity index is 515. The molecule has 1 heterocycles. The van der Waals surface area contributed by atoms with Gasteiger partial charge in [-0.1, -0.05) is 19.1 Å². The van der Waals surface area contributed by atoms with Crippen LogP contribution in [-0.4, -0.2) is 12.1 Å². The smallest absolute Gasteiger partial charge is 0.217 e. The molecule has 0 unspecified atom stereocenters. The molecule has 2 saturated carbocycles. The second-order valence-corrected chi connectivity index (χ2v) is 6.63. The van der Waals surface area contributed by atoms with Crippen molar-refractivity contribution < 1.29 is 4.74 Å². The Morgan fingerprint density at radius 1 is 1.47 bits per heavy atom. The van der Waals surface area contributed by atoms with Crippen molar-refractivity contribution in [3.63, 3.8) is 0 Å². The summed E-state index contributed by atoms with van der Waals surface area (Å²) in [5, 5.41) is 0. The maximum atomic E-state index is 5.45. The number of methoxy groups -OCH3 is 1. The molecule has 1 aromatic heterocycles. The third-order valence-corrected chi connectivity index (χ3v) is 5.01. The van der Waals surface area contributed by atoms with E-state index in [0.717, 1.165) is 16.1 Å². The van der Waals surface area contributed by atoms with Crippen molar-refractivity contribution in [1.82, 2.24) is 4.98 Å². The van der Waals surface area contributed by atoms with Gasteiger partial charge in [-0.2, -0.15) is 0 Å². The third-order valence-electron chi connectivity index (χ3n) is 4.37. The lowest BCUT2D eigenvalue weighted by atomic mass is 10.0. The normalized spacial score (nSPS) is 21.3. The highest BCUT2D eigenvalue weighted by atomic mass is 79.9. The zero-order valence-corrected chi connectivity index (χ0v) is 13.2. The van der Waals surface area contributed by atoms with E-state index in [9.17, 15) is 0 Å². The number of nitrogens with zero attached hydrogens (tertiary/aromatic N) is 1. The minimum Gasteiger partial charge on any atom is -0.481 e. The first kappa shape index (κ1) is 13.2. The van der Waals surface area contributed by atoms with Gasteiger partial charge >= 0.3 is 0 Å². The van der Waals surface area contributed by atoms with Gasteiger partial charge in [-0.15, -0.1) is 0 Å². The number of ether oxygens (including phenoxy) is 1. The Balaban J connectivity index is 1.88. The van der Waals surface area contributed by atoms with Crippen LogP contribution < -0.4 is 4.74 Å². The molecule has 3 heteroatoms. The Morgan fingerprint density at radius 3 is 2.74 bits per heavy atom. The van der Waals surface area contributed by atoms with Crippen molar-refractivity contribution in [2.24, 2.45) is 5.41 Å². The van der Waals surface area contributed by atoms with Gasteiger partial charge < -0.3 is 4.74 Å². The van der Waals surface area contributed by atoms with Crippen molar-refractivity contribution in [2.45, 2.75) is 44.9 Å². The molecule has 0 saturated heterocycles. The van der Waals surface area contributed by atoms with Gasteiger partial charge in [-0.05, 0) is 65.4 Å². The molecule has 0 amide bonds. The second-order valence-electron chi connectivity index (χ2n) is 5.78. The van der Waals surface area contributed by atoms with Gasteiger partial charge in [0.05, 0.1) is 12.8 Å².